The van der Waals surface area contributed by atoms with Gasteiger partial charge in [-0.3, -0.25) is 0 Å². The second kappa shape index (κ2) is 4.54. The monoisotopic (exact) mass is 215 g/mol. The Bertz CT molecular complexity index is 381. The highest BCUT2D eigenvalue weighted by Crippen LogP contribution is 2.18. The molecule has 1 heterocycles. The Hall–Kier alpha value is -1.53. The van der Waals surface area contributed by atoms with Crippen molar-refractivity contribution in [3.8, 4) is 6.07 Å². The lowest BCUT2D eigenvalue weighted by Crippen LogP contribution is -2.54. The maximum Gasteiger partial charge on any atom is 0.0991 e. The topological polar surface area (TPSA) is 39.1 Å². The lowest BCUT2D eigenvalue weighted by atomic mass is 10.1. The summed E-state index contributed by atoms with van der Waals surface area (Å²) in [7, 11) is 0. The average Bonchev–Trinajstić information content (AvgIpc) is 2.28. The third-order valence-corrected chi connectivity index (χ3v) is 2.92. The number of nitrogens with one attached hydrogen (secondary N) is 1. The van der Waals surface area contributed by atoms with Crippen molar-refractivity contribution in [2.24, 2.45) is 0 Å². The van der Waals surface area contributed by atoms with Crippen LogP contribution in [0.15, 0.2) is 24.3 Å². The Kier molecular flexibility index (Phi) is 3.12. The van der Waals surface area contributed by atoms with E-state index in [2.05, 4.69) is 30.1 Å². The van der Waals surface area contributed by atoms with Crippen molar-refractivity contribution in [2.75, 3.05) is 18.0 Å². The van der Waals surface area contributed by atoms with Crippen molar-refractivity contribution in [3.05, 3.63) is 29.8 Å². The third kappa shape index (κ3) is 2.34. The molecule has 1 aromatic rings. The summed E-state index contributed by atoms with van der Waals surface area (Å²) < 4.78 is 0. The molecule has 0 spiro atoms. The number of hydrogen-bond donors (Lipinski definition) is 1. The van der Waals surface area contributed by atoms with Crippen molar-refractivity contribution in [1.29, 1.82) is 5.26 Å². The summed E-state index contributed by atoms with van der Waals surface area (Å²) in [5, 5.41) is 12.3. The summed E-state index contributed by atoms with van der Waals surface area (Å²) in [6.07, 6.45) is 0. The molecule has 16 heavy (non-hydrogen) atoms. The molecule has 2 atom stereocenters. The van der Waals surface area contributed by atoms with Gasteiger partial charge in [-0.15, -0.1) is 0 Å². The summed E-state index contributed by atoms with van der Waals surface area (Å²) in [4.78, 5) is 2.37. The fourth-order valence-electron chi connectivity index (χ4n) is 2.28. The number of piperazine rings is 1. The van der Waals surface area contributed by atoms with E-state index >= 15 is 0 Å². The molecule has 1 aliphatic rings. The summed E-state index contributed by atoms with van der Waals surface area (Å²) in [6.45, 7) is 6.45. The van der Waals surface area contributed by atoms with E-state index in [9.17, 15) is 0 Å². The normalized spacial score (nSPS) is 25.2. The van der Waals surface area contributed by atoms with E-state index in [-0.39, 0.29) is 0 Å². The molecule has 2 rings (SSSR count). The molecule has 1 fully saturated rings. The van der Waals surface area contributed by atoms with Crippen LogP contribution in [0, 0.1) is 11.3 Å². The Morgan fingerprint density at radius 1 is 1.19 bits per heavy atom. The molecule has 1 aromatic carbocycles. The molecule has 0 amide bonds. The molecule has 3 nitrogen and oxygen atoms in total. The first-order valence-corrected chi connectivity index (χ1v) is 5.70. The number of benzene rings is 1. The van der Waals surface area contributed by atoms with Crippen molar-refractivity contribution >= 4 is 5.69 Å². The Morgan fingerprint density at radius 2 is 1.75 bits per heavy atom. The zero-order chi connectivity index (χ0) is 11.5. The molecule has 1 saturated heterocycles. The van der Waals surface area contributed by atoms with Gasteiger partial charge >= 0.3 is 0 Å². The molecule has 2 unspecified atom stereocenters. The van der Waals surface area contributed by atoms with E-state index in [1.54, 1.807) is 0 Å². The van der Waals surface area contributed by atoms with Gasteiger partial charge in [-0.25, -0.2) is 0 Å². The van der Waals surface area contributed by atoms with Gasteiger partial charge < -0.3 is 10.2 Å². The Labute approximate surface area is 96.7 Å². The van der Waals surface area contributed by atoms with Gasteiger partial charge in [0.1, 0.15) is 0 Å². The predicted molar refractivity (Wildman–Crippen MR) is 65.4 cm³/mol. The first-order chi connectivity index (χ1) is 7.69. The first kappa shape index (κ1) is 11.0. The van der Waals surface area contributed by atoms with E-state index in [4.69, 9.17) is 5.26 Å². The second-order valence-corrected chi connectivity index (χ2v) is 4.53. The smallest absolute Gasteiger partial charge is 0.0991 e. The number of rotatable bonds is 1. The maximum atomic E-state index is 8.75. The van der Waals surface area contributed by atoms with Crippen molar-refractivity contribution < 1.29 is 0 Å². The van der Waals surface area contributed by atoms with E-state index in [0.29, 0.717) is 12.1 Å². The summed E-state index contributed by atoms with van der Waals surface area (Å²) in [5.41, 5.74) is 1.93. The van der Waals surface area contributed by atoms with Crippen molar-refractivity contribution in [3.63, 3.8) is 0 Å². The number of nitrogens with zero attached hydrogens (tertiary/aromatic N) is 2. The highest BCUT2D eigenvalue weighted by molar-refractivity contribution is 5.50. The highest BCUT2D eigenvalue weighted by atomic mass is 15.2. The SMILES string of the molecule is CC1CN(c2ccc(C#N)cc2)CC(C)N1. The first-order valence-electron chi connectivity index (χ1n) is 5.70. The van der Waals surface area contributed by atoms with Crippen LogP contribution in [0.1, 0.15) is 19.4 Å². The summed E-state index contributed by atoms with van der Waals surface area (Å²) in [5.74, 6) is 0. The van der Waals surface area contributed by atoms with Crippen LogP contribution in [-0.2, 0) is 0 Å². The quantitative estimate of drug-likeness (QED) is 0.775. The molecule has 1 aliphatic heterocycles. The predicted octanol–water partition coefficient (Wildman–Crippen LogP) is 1.74. The van der Waals surface area contributed by atoms with Crippen LogP contribution in [0.4, 0.5) is 5.69 Å². The molecule has 0 aromatic heterocycles. The maximum absolute atomic E-state index is 8.75. The standard InChI is InChI=1S/C13H17N3/c1-10-8-16(9-11(2)15-10)13-5-3-12(7-14)4-6-13/h3-6,10-11,15H,8-9H2,1-2H3. The number of hydrogen-bond acceptors (Lipinski definition) is 3. The number of nitriles is 1. The van der Waals surface area contributed by atoms with Gasteiger partial charge in [-0.05, 0) is 38.1 Å². The van der Waals surface area contributed by atoms with Gasteiger partial charge in [0.15, 0.2) is 0 Å². The largest absolute Gasteiger partial charge is 0.368 e. The van der Waals surface area contributed by atoms with Gasteiger partial charge in [0, 0.05) is 30.9 Å². The van der Waals surface area contributed by atoms with Crippen molar-refractivity contribution in [2.45, 2.75) is 25.9 Å². The Balaban J connectivity index is 2.14. The summed E-state index contributed by atoms with van der Waals surface area (Å²) in [6, 6.07) is 11.0. The molecule has 3 heteroatoms. The third-order valence-electron chi connectivity index (χ3n) is 2.92. The van der Waals surface area contributed by atoms with Gasteiger partial charge in [-0.1, -0.05) is 0 Å². The molecule has 0 radical (unpaired) electrons. The van der Waals surface area contributed by atoms with Crippen LogP contribution < -0.4 is 10.2 Å². The molecular formula is C13H17N3. The zero-order valence-electron chi connectivity index (χ0n) is 9.77. The van der Waals surface area contributed by atoms with Crippen LogP contribution in [0.25, 0.3) is 0 Å². The van der Waals surface area contributed by atoms with Crippen molar-refractivity contribution in [1.82, 2.24) is 5.32 Å². The zero-order valence-corrected chi connectivity index (χ0v) is 9.77. The fourth-order valence-corrected chi connectivity index (χ4v) is 2.28. The van der Waals surface area contributed by atoms with Gasteiger partial charge in [0.2, 0.25) is 0 Å². The van der Waals surface area contributed by atoms with Gasteiger partial charge in [0.05, 0.1) is 11.6 Å². The van der Waals surface area contributed by atoms with Crippen LogP contribution in [0.3, 0.4) is 0 Å². The average molecular weight is 215 g/mol. The lowest BCUT2D eigenvalue weighted by molar-refractivity contribution is 0.407. The molecular weight excluding hydrogens is 198 g/mol. The minimum Gasteiger partial charge on any atom is -0.368 e. The minimum absolute atomic E-state index is 0.513. The molecule has 1 N–H and O–H groups in total. The van der Waals surface area contributed by atoms with Gasteiger partial charge in [-0.2, -0.15) is 5.26 Å². The molecule has 0 saturated carbocycles. The highest BCUT2D eigenvalue weighted by Gasteiger charge is 2.20. The van der Waals surface area contributed by atoms with E-state index in [1.165, 1.54) is 5.69 Å². The van der Waals surface area contributed by atoms with E-state index in [1.807, 2.05) is 24.3 Å². The fraction of sp³-hybridized carbons (Fsp3) is 0.462. The van der Waals surface area contributed by atoms with Gasteiger partial charge in [0.25, 0.3) is 0 Å². The van der Waals surface area contributed by atoms with Crippen LogP contribution in [0.5, 0.6) is 0 Å². The van der Waals surface area contributed by atoms with Crippen LogP contribution in [-0.4, -0.2) is 25.2 Å². The number of anilines is 1. The summed E-state index contributed by atoms with van der Waals surface area (Å²) >= 11 is 0. The second-order valence-electron chi connectivity index (χ2n) is 4.53. The van der Waals surface area contributed by atoms with Crippen LogP contribution in [0.2, 0.25) is 0 Å². The molecule has 0 bridgehead atoms. The molecule has 84 valence electrons. The lowest BCUT2D eigenvalue weighted by Gasteiger charge is -2.37. The Morgan fingerprint density at radius 3 is 2.25 bits per heavy atom. The minimum atomic E-state index is 0.513. The van der Waals surface area contributed by atoms with E-state index < -0.39 is 0 Å². The van der Waals surface area contributed by atoms with Crippen LogP contribution >= 0.6 is 0 Å². The molecule has 0 aliphatic carbocycles. The van der Waals surface area contributed by atoms with E-state index in [0.717, 1.165) is 18.7 Å².